The molecule has 0 amide bonds. The van der Waals surface area contributed by atoms with E-state index in [1.165, 1.54) is 44.9 Å². The van der Waals surface area contributed by atoms with Crippen molar-refractivity contribution in [1.82, 2.24) is 0 Å². The smallest absolute Gasteiger partial charge is 0.457 e. The first-order valence-corrected chi connectivity index (χ1v) is 23.4. The van der Waals surface area contributed by atoms with Gasteiger partial charge in [-0.05, 0) is 6.42 Å². The van der Waals surface area contributed by atoms with Gasteiger partial charge in [0.1, 0.15) is 43.4 Å². The molecule has 21 nitrogen and oxygen atoms in total. The number of carbonyl (C=O) groups excluding carboxylic acids is 1. The van der Waals surface area contributed by atoms with E-state index in [4.69, 9.17) is 23.6 Å². The molecule has 1 saturated carbocycles. The standard InChI is InChI=1S/C27H56O21P4/c1-2-3-4-5-6-7-8-9-10-11-12-13-14-15-22(29)45-20(16-43-19-28)17-44-52(41,42)48-27-23(30)25(46-50(35,36)37)21(18-49(32,33)34)26(24(27)31)47-51(38,39)40/h20-21,23-28,30-31H,2-19H2,1H3,(H,41,42)(H2,32,33,34)(H2,35,36,37)(H2,38,39,40)/t20-,21-,23+,24?,25?,26-,27?/m1/s1. The zero-order valence-corrected chi connectivity index (χ0v) is 32.6. The number of carbonyl (C=O) groups is 1. The molecule has 1 aliphatic rings. The molecule has 0 aliphatic heterocycles. The Balaban J connectivity index is 2.81. The molecule has 0 bridgehead atoms. The third-order valence-electron chi connectivity index (χ3n) is 8.01. The summed E-state index contributed by atoms with van der Waals surface area (Å²) in [5.74, 6) is -2.96. The van der Waals surface area contributed by atoms with Crippen LogP contribution in [0.15, 0.2) is 0 Å². The van der Waals surface area contributed by atoms with E-state index in [0.717, 1.165) is 32.1 Å². The third kappa shape index (κ3) is 22.4. The molecule has 52 heavy (non-hydrogen) atoms. The average molecular weight is 841 g/mol. The quantitative estimate of drug-likeness (QED) is 0.0223. The second-order valence-electron chi connectivity index (χ2n) is 12.6. The van der Waals surface area contributed by atoms with Crippen LogP contribution in [0.3, 0.4) is 0 Å². The van der Waals surface area contributed by atoms with Crippen LogP contribution in [-0.4, -0.2) is 118 Å². The van der Waals surface area contributed by atoms with Crippen LogP contribution in [-0.2, 0) is 50.6 Å². The minimum atomic E-state index is -5.67. The number of unbranched alkanes of at least 4 members (excludes halogenated alkanes) is 12. The molecular weight excluding hydrogens is 784 g/mol. The number of hydrogen-bond donors (Lipinski definition) is 10. The predicted molar refractivity (Wildman–Crippen MR) is 180 cm³/mol. The van der Waals surface area contributed by atoms with E-state index < -0.39 is 106 Å². The first kappa shape index (κ1) is 49.8. The topological polar surface area (TPSA) is 343 Å². The molecule has 0 aromatic carbocycles. The Morgan fingerprint density at radius 1 is 0.635 bits per heavy atom. The van der Waals surface area contributed by atoms with Gasteiger partial charge < -0.3 is 59.0 Å². The molecular formula is C27H56O21P4. The molecule has 4 unspecified atom stereocenters. The minimum absolute atomic E-state index is 0.0151. The Kier molecular flexibility index (Phi) is 23.4. The Hall–Kier alpha value is -0.210. The zero-order chi connectivity index (χ0) is 39.6. The van der Waals surface area contributed by atoms with Crippen molar-refractivity contribution >= 4 is 37.0 Å². The lowest BCUT2D eigenvalue weighted by Crippen LogP contribution is -2.63. The summed E-state index contributed by atoms with van der Waals surface area (Å²) in [5, 5.41) is 30.6. The van der Waals surface area contributed by atoms with Crippen molar-refractivity contribution < 1.29 is 100 Å². The van der Waals surface area contributed by atoms with Crippen LogP contribution in [0.4, 0.5) is 0 Å². The molecule has 0 heterocycles. The van der Waals surface area contributed by atoms with E-state index in [1.807, 2.05) is 0 Å². The Morgan fingerprint density at radius 3 is 1.48 bits per heavy atom. The lowest BCUT2D eigenvalue weighted by atomic mass is 9.79. The number of hydrogen-bond acceptors (Lipinski definition) is 14. The fourth-order valence-electron chi connectivity index (χ4n) is 5.67. The number of aliphatic hydroxyl groups is 3. The van der Waals surface area contributed by atoms with E-state index in [-0.39, 0.29) is 6.42 Å². The molecule has 1 fully saturated rings. The number of phosphoric acid groups is 3. The third-order valence-corrected chi connectivity index (χ3v) is 10.9. The van der Waals surface area contributed by atoms with Crippen LogP contribution in [0.2, 0.25) is 0 Å². The maximum Gasteiger partial charge on any atom is 0.472 e. The fraction of sp³-hybridized carbons (Fsp3) is 0.963. The Labute approximate surface area is 302 Å². The van der Waals surface area contributed by atoms with Crippen molar-refractivity contribution in [2.45, 2.75) is 133 Å². The first-order chi connectivity index (χ1) is 24.1. The highest BCUT2D eigenvalue weighted by atomic mass is 31.2. The molecule has 0 radical (unpaired) electrons. The predicted octanol–water partition coefficient (Wildman–Crippen LogP) is 2.33. The van der Waals surface area contributed by atoms with Crippen LogP contribution in [0, 0.1) is 5.92 Å². The van der Waals surface area contributed by atoms with Crippen molar-refractivity contribution in [3.63, 3.8) is 0 Å². The van der Waals surface area contributed by atoms with E-state index >= 15 is 0 Å². The Morgan fingerprint density at radius 2 is 1.08 bits per heavy atom. The molecule has 8 atom stereocenters. The normalized spacial score (nSPS) is 24.8. The number of ether oxygens (including phenoxy) is 2. The molecule has 1 rings (SSSR count). The van der Waals surface area contributed by atoms with Gasteiger partial charge in [-0.15, -0.1) is 0 Å². The maximum absolute atomic E-state index is 12.9. The van der Waals surface area contributed by atoms with Crippen LogP contribution in [0.1, 0.15) is 96.8 Å². The van der Waals surface area contributed by atoms with E-state index in [9.17, 15) is 67.5 Å². The van der Waals surface area contributed by atoms with Crippen LogP contribution in [0.5, 0.6) is 0 Å². The summed E-state index contributed by atoms with van der Waals surface area (Å²) in [6, 6.07) is 0. The highest BCUT2D eigenvalue weighted by Gasteiger charge is 2.57. The molecule has 25 heteroatoms. The van der Waals surface area contributed by atoms with Gasteiger partial charge >= 0.3 is 37.0 Å². The van der Waals surface area contributed by atoms with Gasteiger partial charge in [0, 0.05) is 12.3 Å². The zero-order valence-electron chi connectivity index (χ0n) is 29.0. The number of esters is 1. The molecule has 0 aromatic heterocycles. The molecule has 10 N–H and O–H groups in total. The van der Waals surface area contributed by atoms with Gasteiger partial charge in [0.25, 0.3) is 0 Å². The van der Waals surface area contributed by atoms with E-state index in [1.54, 1.807) is 0 Å². The number of rotatable bonds is 29. The lowest BCUT2D eigenvalue weighted by molar-refractivity contribution is -0.190. The van der Waals surface area contributed by atoms with Gasteiger partial charge in [0.15, 0.2) is 0 Å². The summed E-state index contributed by atoms with van der Waals surface area (Å²) in [5.41, 5.74) is 0. The van der Waals surface area contributed by atoms with Crippen LogP contribution in [0.25, 0.3) is 0 Å². The van der Waals surface area contributed by atoms with Crippen molar-refractivity contribution in [3.8, 4) is 0 Å². The van der Waals surface area contributed by atoms with E-state index in [0.29, 0.717) is 6.42 Å². The largest absolute Gasteiger partial charge is 0.472 e. The second-order valence-corrected chi connectivity index (χ2v) is 18.0. The molecule has 0 aromatic rings. The SMILES string of the molecule is CCCCCCCCCCCCCCCC(=O)O[C@H](COCO)COP(=O)(O)OC1C(O)[C@H](OP(=O)(O)O)[C@H](CP(=O)(O)O)C(OP(=O)(O)O)[C@@H]1O. The summed E-state index contributed by atoms with van der Waals surface area (Å²) >= 11 is 0. The summed E-state index contributed by atoms with van der Waals surface area (Å²) < 4.78 is 76.3. The van der Waals surface area contributed by atoms with Gasteiger partial charge in [-0.1, -0.05) is 84.0 Å². The van der Waals surface area contributed by atoms with Gasteiger partial charge in [-0.3, -0.25) is 27.5 Å². The van der Waals surface area contributed by atoms with Crippen molar-refractivity contribution in [1.29, 1.82) is 0 Å². The average Bonchev–Trinajstić information content (AvgIpc) is 3.01. The lowest BCUT2D eigenvalue weighted by Gasteiger charge is -2.46. The minimum Gasteiger partial charge on any atom is -0.457 e. The van der Waals surface area contributed by atoms with Crippen LogP contribution < -0.4 is 0 Å². The van der Waals surface area contributed by atoms with Crippen molar-refractivity contribution in [2.75, 3.05) is 26.2 Å². The van der Waals surface area contributed by atoms with Crippen LogP contribution >= 0.6 is 31.1 Å². The molecule has 310 valence electrons. The fourth-order valence-corrected chi connectivity index (χ4v) is 8.80. The van der Waals surface area contributed by atoms with Crippen molar-refractivity contribution in [2.24, 2.45) is 5.92 Å². The summed E-state index contributed by atoms with van der Waals surface area (Å²) in [7, 11) is -22.1. The van der Waals surface area contributed by atoms with Gasteiger partial charge in [-0.2, -0.15) is 0 Å². The molecule has 1 aliphatic carbocycles. The molecule has 0 saturated heterocycles. The van der Waals surface area contributed by atoms with Crippen molar-refractivity contribution in [3.05, 3.63) is 0 Å². The first-order valence-electron chi connectivity index (χ1n) is 17.0. The van der Waals surface area contributed by atoms with Gasteiger partial charge in [-0.25, -0.2) is 13.7 Å². The second kappa shape index (κ2) is 24.4. The van der Waals surface area contributed by atoms with Gasteiger partial charge in [0.05, 0.1) is 19.4 Å². The summed E-state index contributed by atoms with van der Waals surface area (Å²) in [6.07, 6.45) is -1.57. The number of aliphatic hydroxyl groups excluding tert-OH is 3. The monoisotopic (exact) mass is 840 g/mol. The summed E-state index contributed by atoms with van der Waals surface area (Å²) in [4.78, 5) is 79.1. The maximum atomic E-state index is 12.9. The van der Waals surface area contributed by atoms with Gasteiger partial charge in [0.2, 0.25) is 0 Å². The Bertz CT molecular complexity index is 1170. The molecule has 0 spiro atoms. The highest BCUT2D eigenvalue weighted by Crippen LogP contribution is 2.54. The van der Waals surface area contributed by atoms with E-state index in [2.05, 4.69) is 16.0 Å². The summed E-state index contributed by atoms with van der Waals surface area (Å²) in [6.45, 7) is -0.122. The number of phosphoric ester groups is 3. The highest BCUT2D eigenvalue weighted by molar-refractivity contribution is 7.51.